The molecule has 0 radical (unpaired) electrons. The zero-order chi connectivity index (χ0) is 15.0. The lowest BCUT2D eigenvalue weighted by Crippen LogP contribution is -2.37. The summed E-state index contributed by atoms with van der Waals surface area (Å²) >= 11 is 0. The molecular formula is C14H22N2O3S. The number of amides is 1. The van der Waals surface area contributed by atoms with Crippen molar-refractivity contribution in [2.45, 2.75) is 33.2 Å². The Morgan fingerprint density at radius 3 is 2.70 bits per heavy atom. The van der Waals surface area contributed by atoms with Gasteiger partial charge < -0.3 is 5.32 Å². The van der Waals surface area contributed by atoms with Crippen LogP contribution in [0.3, 0.4) is 0 Å². The van der Waals surface area contributed by atoms with Crippen molar-refractivity contribution in [1.82, 2.24) is 10.0 Å². The van der Waals surface area contributed by atoms with Crippen LogP contribution in [0.2, 0.25) is 0 Å². The Morgan fingerprint density at radius 2 is 2.05 bits per heavy atom. The van der Waals surface area contributed by atoms with Crippen LogP contribution >= 0.6 is 0 Å². The van der Waals surface area contributed by atoms with E-state index >= 15 is 0 Å². The van der Waals surface area contributed by atoms with Crippen LogP contribution in [-0.4, -0.2) is 26.6 Å². The first-order valence-corrected chi connectivity index (χ1v) is 8.38. The van der Waals surface area contributed by atoms with Gasteiger partial charge in [0.25, 0.3) is 0 Å². The molecule has 0 aliphatic carbocycles. The van der Waals surface area contributed by atoms with Gasteiger partial charge in [-0.2, -0.15) is 0 Å². The molecule has 0 unspecified atom stereocenters. The molecule has 1 aromatic carbocycles. The van der Waals surface area contributed by atoms with Crippen molar-refractivity contribution in [2.75, 3.05) is 12.3 Å². The summed E-state index contributed by atoms with van der Waals surface area (Å²) in [5.74, 6) is -0.263. The minimum absolute atomic E-state index is 0.0641. The van der Waals surface area contributed by atoms with Gasteiger partial charge in [0.1, 0.15) is 0 Å². The van der Waals surface area contributed by atoms with Crippen molar-refractivity contribution in [1.29, 1.82) is 0 Å². The summed E-state index contributed by atoms with van der Waals surface area (Å²) in [4.78, 5) is 11.6. The van der Waals surface area contributed by atoms with Crippen LogP contribution in [0.4, 0.5) is 0 Å². The Bertz CT molecular complexity index is 541. The number of unbranched alkanes of at least 4 members (excludes halogenated alkanes) is 1. The van der Waals surface area contributed by atoms with Crippen LogP contribution in [-0.2, 0) is 21.4 Å². The van der Waals surface area contributed by atoms with Crippen molar-refractivity contribution in [3.8, 4) is 0 Å². The zero-order valence-corrected chi connectivity index (χ0v) is 12.8. The second kappa shape index (κ2) is 8.01. The van der Waals surface area contributed by atoms with E-state index in [1.165, 1.54) is 0 Å². The fraction of sp³-hybridized carbons (Fsp3) is 0.500. The third kappa shape index (κ3) is 6.68. The van der Waals surface area contributed by atoms with Gasteiger partial charge in [-0.25, -0.2) is 13.1 Å². The lowest BCUT2D eigenvalue weighted by atomic mass is 10.1. The molecule has 112 valence electrons. The average molecular weight is 298 g/mol. The first kappa shape index (κ1) is 16.7. The minimum Gasteiger partial charge on any atom is -0.351 e. The molecule has 0 spiro atoms. The van der Waals surface area contributed by atoms with E-state index in [1.54, 1.807) is 0 Å². The Balaban J connectivity index is 2.34. The lowest BCUT2D eigenvalue weighted by Gasteiger charge is -2.08. The van der Waals surface area contributed by atoms with Crippen LogP contribution in [0.5, 0.6) is 0 Å². The van der Waals surface area contributed by atoms with E-state index < -0.39 is 10.0 Å². The molecule has 0 aromatic heterocycles. The summed E-state index contributed by atoms with van der Waals surface area (Å²) in [6.45, 7) is 4.09. The summed E-state index contributed by atoms with van der Waals surface area (Å²) in [5, 5.41) is 2.69. The highest BCUT2D eigenvalue weighted by atomic mass is 32.2. The Labute approximate surface area is 120 Å². The van der Waals surface area contributed by atoms with Gasteiger partial charge in [0.15, 0.2) is 0 Å². The van der Waals surface area contributed by atoms with Gasteiger partial charge in [0.2, 0.25) is 15.9 Å². The summed E-state index contributed by atoms with van der Waals surface area (Å²) in [6.07, 6.45) is 1.40. The molecule has 6 heteroatoms. The second-order valence-corrected chi connectivity index (χ2v) is 6.69. The van der Waals surface area contributed by atoms with Crippen LogP contribution < -0.4 is 10.0 Å². The molecule has 0 aliphatic rings. The van der Waals surface area contributed by atoms with Gasteiger partial charge in [-0.15, -0.1) is 0 Å². The van der Waals surface area contributed by atoms with Crippen LogP contribution in [0.15, 0.2) is 24.3 Å². The molecule has 20 heavy (non-hydrogen) atoms. The Morgan fingerprint density at radius 1 is 1.30 bits per heavy atom. The maximum atomic E-state index is 11.6. The lowest BCUT2D eigenvalue weighted by molar-refractivity contribution is -0.120. The number of rotatable bonds is 8. The standard InChI is InChI=1S/C14H22N2O3S/c1-3-4-8-20(18,19)16-11-14(17)15-10-13-7-5-6-12(2)9-13/h5-7,9,16H,3-4,8,10-11H2,1-2H3,(H,15,17). The molecule has 1 aromatic rings. The molecular weight excluding hydrogens is 276 g/mol. The summed E-state index contributed by atoms with van der Waals surface area (Å²) < 4.78 is 25.3. The number of carbonyl (C=O) groups is 1. The average Bonchev–Trinajstić information content (AvgIpc) is 2.41. The van der Waals surface area contributed by atoms with Gasteiger partial charge >= 0.3 is 0 Å². The first-order chi connectivity index (χ1) is 9.43. The third-order valence-electron chi connectivity index (χ3n) is 2.79. The summed E-state index contributed by atoms with van der Waals surface area (Å²) in [5.41, 5.74) is 2.12. The molecule has 1 rings (SSSR count). The van der Waals surface area contributed by atoms with Crippen LogP contribution in [0.1, 0.15) is 30.9 Å². The van der Waals surface area contributed by atoms with Crippen molar-refractivity contribution in [2.24, 2.45) is 0 Å². The molecule has 0 saturated heterocycles. The van der Waals surface area contributed by atoms with E-state index in [-0.39, 0.29) is 18.2 Å². The molecule has 2 N–H and O–H groups in total. The van der Waals surface area contributed by atoms with Gasteiger partial charge in [0, 0.05) is 6.54 Å². The fourth-order valence-corrected chi connectivity index (χ4v) is 2.83. The Kier molecular flexibility index (Phi) is 6.67. The van der Waals surface area contributed by atoms with Gasteiger partial charge in [-0.05, 0) is 18.9 Å². The first-order valence-electron chi connectivity index (χ1n) is 6.72. The largest absolute Gasteiger partial charge is 0.351 e. The van der Waals surface area contributed by atoms with Crippen molar-refractivity contribution in [3.63, 3.8) is 0 Å². The molecule has 0 aliphatic heterocycles. The second-order valence-electron chi connectivity index (χ2n) is 4.76. The Hall–Kier alpha value is -1.40. The maximum absolute atomic E-state index is 11.6. The van der Waals surface area contributed by atoms with Crippen LogP contribution in [0, 0.1) is 6.92 Å². The molecule has 0 atom stereocenters. The molecule has 0 bridgehead atoms. The smallest absolute Gasteiger partial charge is 0.235 e. The van der Waals surface area contributed by atoms with E-state index in [0.29, 0.717) is 13.0 Å². The van der Waals surface area contributed by atoms with Crippen molar-refractivity contribution in [3.05, 3.63) is 35.4 Å². The highest BCUT2D eigenvalue weighted by Gasteiger charge is 2.11. The summed E-state index contributed by atoms with van der Waals surface area (Å²) in [7, 11) is -3.34. The minimum atomic E-state index is -3.34. The molecule has 0 saturated carbocycles. The highest BCUT2D eigenvalue weighted by Crippen LogP contribution is 2.03. The van der Waals surface area contributed by atoms with E-state index in [9.17, 15) is 13.2 Å². The van der Waals surface area contributed by atoms with E-state index in [0.717, 1.165) is 17.5 Å². The number of hydrogen-bond donors (Lipinski definition) is 2. The van der Waals surface area contributed by atoms with E-state index in [2.05, 4.69) is 10.0 Å². The quantitative estimate of drug-likeness (QED) is 0.760. The van der Waals surface area contributed by atoms with Gasteiger partial charge in [-0.1, -0.05) is 43.2 Å². The highest BCUT2D eigenvalue weighted by molar-refractivity contribution is 7.89. The predicted octanol–water partition coefficient (Wildman–Crippen LogP) is 1.33. The summed E-state index contributed by atoms with van der Waals surface area (Å²) in [6, 6.07) is 7.79. The predicted molar refractivity (Wildman–Crippen MR) is 79.7 cm³/mol. The topological polar surface area (TPSA) is 75.3 Å². The molecule has 0 heterocycles. The third-order valence-corrected chi connectivity index (χ3v) is 4.20. The van der Waals surface area contributed by atoms with E-state index in [1.807, 2.05) is 38.1 Å². The molecule has 5 nitrogen and oxygen atoms in total. The number of benzene rings is 1. The number of carbonyl (C=O) groups excluding carboxylic acids is 1. The van der Waals surface area contributed by atoms with Gasteiger partial charge in [-0.3, -0.25) is 4.79 Å². The number of hydrogen-bond acceptors (Lipinski definition) is 3. The monoisotopic (exact) mass is 298 g/mol. The normalized spacial score (nSPS) is 11.3. The zero-order valence-electron chi connectivity index (χ0n) is 12.0. The fourth-order valence-electron chi connectivity index (χ4n) is 1.67. The molecule has 1 amide bonds. The number of nitrogens with one attached hydrogen (secondary N) is 2. The van der Waals surface area contributed by atoms with Crippen molar-refractivity contribution < 1.29 is 13.2 Å². The number of aryl methyl sites for hydroxylation is 1. The van der Waals surface area contributed by atoms with Gasteiger partial charge in [0.05, 0.1) is 12.3 Å². The number of sulfonamides is 1. The van der Waals surface area contributed by atoms with E-state index in [4.69, 9.17) is 0 Å². The molecule has 0 fully saturated rings. The SMILES string of the molecule is CCCCS(=O)(=O)NCC(=O)NCc1cccc(C)c1. The maximum Gasteiger partial charge on any atom is 0.235 e. The van der Waals surface area contributed by atoms with Crippen LogP contribution in [0.25, 0.3) is 0 Å². The van der Waals surface area contributed by atoms with Crippen molar-refractivity contribution >= 4 is 15.9 Å².